The Morgan fingerprint density at radius 3 is 2.61 bits per heavy atom. The standard InChI is InChI=1S/C21H26ClN5O/c1-4-26(5-2)20(16-9-7-8-10-17(16)22)14-23-21(28)15-11-12-19-18(13-15)24-25-27(19)6-3/h7-13,20H,4-6,14H2,1-3H3,(H,23,28). The van der Waals surface area contributed by atoms with Crippen molar-refractivity contribution in [2.45, 2.75) is 33.4 Å². The summed E-state index contributed by atoms with van der Waals surface area (Å²) in [6.07, 6.45) is 0. The van der Waals surface area contributed by atoms with Crippen molar-refractivity contribution in [2.24, 2.45) is 0 Å². The molecule has 0 saturated carbocycles. The van der Waals surface area contributed by atoms with Gasteiger partial charge in [-0.15, -0.1) is 5.10 Å². The third kappa shape index (κ3) is 4.18. The van der Waals surface area contributed by atoms with Crippen LogP contribution in [0.3, 0.4) is 0 Å². The summed E-state index contributed by atoms with van der Waals surface area (Å²) < 4.78 is 1.81. The van der Waals surface area contributed by atoms with Crippen LogP contribution < -0.4 is 5.32 Å². The molecule has 148 valence electrons. The van der Waals surface area contributed by atoms with Crippen LogP contribution in [0.25, 0.3) is 11.0 Å². The monoisotopic (exact) mass is 399 g/mol. The Hall–Kier alpha value is -2.44. The van der Waals surface area contributed by atoms with Gasteiger partial charge in [-0.2, -0.15) is 0 Å². The summed E-state index contributed by atoms with van der Waals surface area (Å²) in [7, 11) is 0. The minimum Gasteiger partial charge on any atom is -0.350 e. The van der Waals surface area contributed by atoms with E-state index in [2.05, 4.69) is 34.4 Å². The van der Waals surface area contributed by atoms with Gasteiger partial charge in [0.05, 0.1) is 11.6 Å². The Morgan fingerprint density at radius 1 is 1.18 bits per heavy atom. The smallest absolute Gasteiger partial charge is 0.251 e. The first-order valence-electron chi connectivity index (χ1n) is 9.68. The largest absolute Gasteiger partial charge is 0.350 e. The van der Waals surface area contributed by atoms with Gasteiger partial charge in [-0.25, -0.2) is 4.68 Å². The van der Waals surface area contributed by atoms with Gasteiger partial charge in [0, 0.05) is 23.7 Å². The Kier molecular flexibility index (Phi) is 6.65. The summed E-state index contributed by atoms with van der Waals surface area (Å²) in [4.78, 5) is 15.1. The van der Waals surface area contributed by atoms with Crippen molar-refractivity contribution in [2.75, 3.05) is 19.6 Å². The fourth-order valence-corrected chi connectivity index (χ4v) is 3.75. The van der Waals surface area contributed by atoms with Gasteiger partial charge in [-0.05, 0) is 49.8 Å². The minimum atomic E-state index is -0.128. The summed E-state index contributed by atoms with van der Waals surface area (Å²) >= 11 is 6.43. The van der Waals surface area contributed by atoms with E-state index in [1.54, 1.807) is 6.07 Å². The maximum absolute atomic E-state index is 12.8. The molecule has 7 heteroatoms. The number of likely N-dealkylation sites (N-methyl/N-ethyl adjacent to an activating group) is 1. The van der Waals surface area contributed by atoms with E-state index < -0.39 is 0 Å². The van der Waals surface area contributed by atoms with Gasteiger partial charge in [0.2, 0.25) is 0 Å². The third-order valence-corrected chi connectivity index (χ3v) is 5.39. The number of aromatic nitrogens is 3. The van der Waals surface area contributed by atoms with Crippen LogP contribution in [0, 0.1) is 0 Å². The number of rotatable bonds is 8. The molecule has 0 fully saturated rings. The molecule has 3 rings (SSSR count). The second-order valence-corrected chi connectivity index (χ2v) is 6.98. The number of hydrogen-bond donors (Lipinski definition) is 1. The lowest BCUT2D eigenvalue weighted by molar-refractivity contribution is 0.0935. The first kappa shape index (κ1) is 20.3. The summed E-state index contributed by atoms with van der Waals surface area (Å²) in [6, 6.07) is 13.3. The summed E-state index contributed by atoms with van der Waals surface area (Å²) in [5.74, 6) is -0.128. The summed E-state index contributed by atoms with van der Waals surface area (Å²) in [5, 5.41) is 12.0. The molecule has 0 spiro atoms. The average molecular weight is 400 g/mol. The average Bonchev–Trinajstić information content (AvgIpc) is 3.14. The number of fused-ring (bicyclic) bond motifs is 1. The second kappa shape index (κ2) is 9.17. The molecule has 1 unspecified atom stereocenters. The molecule has 3 aromatic rings. The lowest BCUT2D eigenvalue weighted by Gasteiger charge is -2.31. The zero-order valence-corrected chi connectivity index (χ0v) is 17.3. The summed E-state index contributed by atoms with van der Waals surface area (Å²) in [5.41, 5.74) is 3.25. The molecule has 28 heavy (non-hydrogen) atoms. The van der Waals surface area contributed by atoms with Crippen LogP contribution in [0.5, 0.6) is 0 Å². The van der Waals surface area contributed by atoms with E-state index in [4.69, 9.17) is 11.6 Å². The molecule has 0 radical (unpaired) electrons. The molecule has 0 saturated heterocycles. The molecule has 1 amide bonds. The number of amides is 1. The van der Waals surface area contributed by atoms with Crippen molar-refractivity contribution in [1.82, 2.24) is 25.2 Å². The van der Waals surface area contributed by atoms with E-state index in [-0.39, 0.29) is 11.9 Å². The quantitative estimate of drug-likeness (QED) is 0.623. The molecular formula is C21H26ClN5O. The van der Waals surface area contributed by atoms with Gasteiger partial charge in [0.15, 0.2) is 0 Å². The van der Waals surface area contributed by atoms with E-state index in [1.165, 1.54) is 0 Å². The van der Waals surface area contributed by atoms with Crippen LogP contribution in [0.2, 0.25) is 5.02 Å². The molecule has 1 N–H and O–H groups in total. The Morgan fingerprint density at radius 2 is 1.93 bits per heavy atom. The van der Waals surface area contributed by atoms with Gasteiger partial charge in [-0.1, -0.05) is 48.9 Å². The van der Waals surface area contributed by atoms with Gasteiger partial charge < -0.3 is 5.32 Å². The molecule has 2 aromatic carbocycles. The second-order valence-electron chi connectivity index (χ2n) is 6.58. The first-order chi connectivity index (χ1) is 13.6. The number of nitrogens with zero attached hydrogens (tertiary/aromatic N) is 4. The normalized spacial score (nSPS) is 12.5. The highest BCUT2D eigenvalue weighted by atomic mass is 35.5. The molecule has 0 aliphatic rings. The fourth-order valence-electron chi connectivity index (χ4n) is 3.48. The summed E-state index contributed by atoms with van der Waals surface area (Å²) in [6.45, 7) is 9.19. The number of nitrogens with one attached hydrogen (secondary N) is 1. The topological polar surface area (TPSA) is 63.1 Å². The predicted molar refractivity (Wildman–Crippen MR) is 113 cm³/mol. The zero-order valence-electron chi connectivity index (χ0n) is 16.5. The number of aryl methyl sites for hydroxylation is 1. The Balaban J connectivity index is 1.79. The molecular weight excluding hydrogens is 374 g/mol. The lowest BCUT2D eigenvalue weighted by atomic mass is 10.0. The van der Waals surface area contributed by atoms with Crippen LogP contribution in [0.4, 0.5) is 0 Å². The number of carbonyl (C=O) groups excluding carboxylic acids is 1. The molecule has 0 aliphatic heterocycles. The van der Waals surface area contributed by atoms with Crippen LogP contribution >= 0.6 is 11.6 Å². The molecule has 0 aliphatic carbocycles. The predicted octanol–water partition coefficient (Wildman–Crippen LogP) is 3.92. The Labute approximate surface area is 170 Å². The van der Waals surface area contributed by atoms with Crippen LogP contribution in [-0.4, -0.2) is 45.4 Å². The van der Waals surface area contributed by atoms with Crippen molar-refractivity contribution < 1.29 is 4.79 Å². The molecule has 0 bridgehead atoms. The van der Waals surface area contributed by atoms with Crippen molar-refractivity contribution in [3.05, 3.63) is 58.6 Å². The van der Waals surface area contributed by atoms with Crippen molar-refractivity contribution in [3.8, 4) is 0 Å². The lowest BCUT2D eigenvalue weighted by Crippen LogP contribution is -2.38. The van der Waals surface area contributed by atoms with Crippen molar-refractivity contribution in [3.63, 3.8) is 0 Å². The Bertz CT molecular complexity index is 951. The van der Waals surface area contributed by atoms with Gasteiger partial charge in [0.25, 0.3) is 5.91 Å². The highest BCUT2D eigenvalue weighted by Gasteiger charge is 2.21. The number of halogens is 1. The van der Waals surface area contributed by atoms with Gasteiger partial charge in [-0.3, -0.25) is 9.69 Å². The van der Waals surface area contributed by atoms with E-state index in [0.717, 1.165) is 36.2 Å². The number of carbonyl (C=O) groups is 1. The molecule has 1 aromatic heterocycles. The number of hydrogen-bond acceptors (Lipinski definition) is 4. The fraction of sp³-hybridized carbons (Fsp3) is 0.381. The van der Waals surface area contributed by atoms with Gasteiger partial charge >= 0.3 is 0 Å². The minimum absolute atomic E-state index is 0.0114. The highest BCUT2D eigenvalue weighted by molar-refractivity contribution is 6.31. The van der Waals surface area contributed by atoms with E-state index >= 15 is 0 Å². The van der Waals surface area contributed by atoms with Crippen LogP contribution in [-0.2, 0) is 6.54 Å². The maximum Gasteiger partial charge on any atom is 0.251 e. The van der Waals surface area contributed by atoms with E-state index in [1.807, 2.05) is 48.0 Å². The van der Waals surface area contributed by atoms with Crippen LogP contribution in [0.15, 0.2) is 42.5 Å². The maximum atomic E-state index is 12.8. The first-order valence-corrected chi connectivity index (χ1v) is 10.1. The van der Waals surface area contributed by atoms with Crippen molar-refractivity contribution in [1.29, 1.82) is 0 Å². The van der Waals surface area contributed by atoms with Crippen LogP contribution in [0.1, 0.15) is 42.7 Å². The highest BCUT2D eigenvalue weighted by Crippen LogP contribution is 2.27. The van der Waals surface area contributed by atoms with Gasteiger partial charge in [0.1, 0.15) is 5.52 Å². The van der Waals surface area contributed by atoms with E-state index in [9.17, 15) is 4.79 Å². The van der Waals surface area contributed by atoms with Crippen molar-refractivity contribution >= 4 is 28.5 Å². The molecule has 1 heterocycles. The number of benzene rings is 2. The molecule has 6 nitrogen and oxygen atoms in total. The third-order valence-electron chi connectivity index (χ3n) is 5.05. The van der Waals surface area contributed by atoms with E-state index in [0.29, 0.717) is 17.1 Å². The zero-order chi connectivity index (χ0) is 20.1. The SMILES string of the molecule is CCN(CC)C(CNC(=O)c1ccc2c(c1)nnn2CC)c1ccccc1Cl. The molecule has 1 atom stereocenters.